The summed E-state index contributed by atoms with van der Waals surface area (Å²) < 4.78 is 18.9. The van der Waals surface area contributed by atoms with Crippen LogP contribution in [0.1, 0.15) is 5.56 Å². The van der Waals surface area contributed by atoms with Crippen LogP contribution >= 0.6 is 11.8 Å². The summed E-state index contributed by atoms with van der Waals surface area (Å²) in [5.74, 6) is -0.785. The fraction of sp³-hybridized carbons (Fsp3) is 0.333. The smallest absolute Gasteiger partial charge is 0.294 e. The van der Waals surface area contributed by atoms with Gasteiger partial charge in [-0.15, -0.1) is 0 Å². The average Bonchev–Trinajstić information content (AvgIpc) is 2.78. The van der Waals surface area contributed by atoms with Crippen molar-refractivity contribution in [3.63, 3.8) is 0 Å². The number of nitrogens with zero attached hydrogens (tertiary/aromatic N) is 2. The molecule has 0 aromatic heterocycles. The van der Waals surface area contributed by atoms with Gasteiger partial charge in [0.25, 0.3) is 11.1 Å². The Labute approximate surface area is 131 Å². The van der Waals surface area contributed by atoms with Crippen molar-refractivity contribution in [3.05, 3.63) is 40.6 Å². The van der Waals surface area contributed by atoms with Crippen molar-refractivity contribution in [3.8, 4) is 0 Å². The van der Waals surface area contributed by atoms with E-state index in [0.717, 1.165) is 11.8 Å². The Kier molecular flexibility index (Phi) is 4.56. The molecule has 5 nitrogen and oxygen atoms in total. The van der Waals surface area contributed by atoms with Crippen molar-refractivity contribution >= 4 is 29.0 Å². The van der Waals surface area contributed by atoms with E-state index in [0.29, 0.717) is 31.9 Å². The lowest BCUT2D eigenvalue weighted by molar-refractivity contribution is -0.125. The van der Waals surface area contributed by atoms with Crippen molar-refractivity contribution in [2.75, 3.05) is 33.0 Å². The summed E-state index contributed by atoms with van der Waals surface area (Å²) in [5.41, 5.74) is 0.305. The first-order chi connectivity index (χ1) is 10.6. The van der Waals surface area contributed by atoms with Crippen molar-refractivity contribution < 1.29 is 18.7 Å². The lowest BCUT2D eigenvalue weighted by Gasteiger charge is -2.29. The lowest BCUT2D eigenvalue weighted by atomic mass is 10.2. The molecule has 0 radical (unpaired) electrons. The zero-order valence-electron chi connectivity index (χ0n) is 11.8. The molecular formula is C15H15FN2O3S. The Bertz CT molecular complexity index is 629. The monoisotopic (exact) mass is 322 g/mol. The van der Waals surface area contributed by atoms with Gasteiger partial charge in [0.05, 0.1) is 24.8 Å². The first-order valence-corrected chi connectivity index (χ1v) is 7.77. The Balaban J connectivity index is 1.75. The number of hydrogen-bond acceptors (Lipinski definition) is 5. The zero-order valence-corrected chi connectivity index (χ0v) is 12.6. The molecule has 0 saturated carbocycles. The summed E-state index contributed by atoms with van der Waals surface area (Å²) in [6.45, 7) is 2.83. The summed E-state index contributed by atoms with van der Waals surface area (Å²) >= 11 is 0.848. The highest BCUT2D eigenvalue weighted by Crippen LogP contribution is 2.32. The molecule has 0 spiro atoms. The van der Waals surface area contributed by atoms with Gasteiger partial charge >= 0.3 is 0 Å². The molecule has 22 heavy (non-hydrogen) atoms. The van der Waals surface area contributed by atoms with Crippen LogP contribution in [0.25, 0.3) is 6.08 Å². The maximum atomic E-state index is 13.7. The quantitative estimate of drug-likeness (QED) is 0.798. The number of imide groups is 1. The molecule has 0 unspecified atom stereocenters. The normalized spacial score (nSPS) is 21.9. The van der Waals surface area contributed by atoms with Gasteiger partial charge in [-0.2, -0.15) is 0 Å². The Morgan fingerprint density at radius 1 is 1.23 bits per heavy atom. The van der Waals surface area contributed by atoms with Gasteiger partial charge in [-0.25, -0.2) is 4.39 Å². The van der Waals surface area contributed by atoms with Crippen molar-refractivity contribution in [1.29, 1.82) is 0 Å². The van der Waals surface area contributed by atoms with E-state index < -0.39 is 5.82 Å². The second-order valence-corrected chi connectivity index (χ2v) is 6.00. The molecule has 2 aliphatic rings. The highest BCUT2D eigenvalue weighted by molar-refractivity contribution is 8.18. The average molecular weight is 322 g/mol. The molecule has 2 fully saturated rings. The molecule has 0 bridgehead atoms. The number of carbonyl (C=O) groups is 2. The molecule has 0 atom stereocenters. The molecule has 2 heterocycles. The highest BCUT2D eigenvalue weighted by Gasteiger charge is 2.36. The van der Waals surface area contributed by atoms with Crippen LogP contribution in [0.5, 0.6) is 0 Å². The van der Waals surface area contributed by atoms with E-state index in [9.17, 15) is 14.0 Å². The molecule has 2 aliphatic heterocycles. The van der Waals surface area contributed by atoms with Gasteiger partial charge in [0.1, 0.15) is 5.82 Å². The van der Waals surface area contributed by atoms with Crippen molar-refractivity contribution in [2.45, 2.75) is 0 Å². The number of morpholine rings is 1. The minimum atomic E-state index is -0.414. The molecule has 7 heteroatoms. The van der Waals surface area contributed by atoms with Crippen molar-refractivity contribution in [1.82, 2.24) is 9.80 Å². The number of hydrogen-bond donors (Lipinski definition) is 0. The molecule has 2 amide bonds. The maximum absolute atomic E-state index is 13.7. The predicted octanol–water partition coefficient (Wildman–Crippen LogP) is 2.15. The van der Waals surface area contributed by atoms with E-state index in [-0.39, 0.29) is 22.7 Å². The van der Waals surface area contributed by atoms with E-state index in [1.165, 1.54) is 17.0 Å². The first-order valence-electron chi connectivity index (χ1n) is 6.95. The molecule has 1 aromatic carbocycles. The minimum absolute atomic E-state index is 0.253. The van der Waals surface area contributed by atoms with Gasteiger partial charge in [-0.1, -0.05) is 18.2 Å². The van der Waals surface area contributed by atoms with Crippen LogP contribution in [0.2, 0.25) is 0 Å². The van der Waals surface area contributed by atoms with E-state index in [1.807, 2.05) is 4.90 Å². The van der Waals surface area contributed by atoms with Gasteiger partial charge in [-0.05, 0) is 23.9 Å². The molecule has 0 aliphatic carbocycles. The second kappa shape index (κ2) is 6.60. The van der Waals surface area contributed by atoms with Crippen LogP contribution < -0.4 is 0 Å². The summed E-state index contributed by atoms with van der Waals surface area (Å²) in [5, 5.41) is -0.320. The summed E-state index contributed by atoms with van der Waals surface area (Å²) in [4.78, 5) is 27.8. The minimum Gasteiger partial charge on any atom is -0.379 e. The van der Waals surface area contributed by atoms with Crippen LogP contribution in [0.15, 0.2) is 29.2 Å². The van der Waals surface area contributed by atoms with E-state index >= 15 is 0 Å². The number of carbonyl (C=O) groups excluding carboxylic acids is 2. The van der Waals surface area contributed by atoms with E-state index in [2.05, 4.69) is 0 Å². The lowest BCUT2D eigenvalue weighted by Crippen LogP contribution is -2.45. The number of ether oxygens (including phenoxy) is 1. The summed E-state index contributed by atoms with van der Waals surface area (Å²) in [6, 6.07) is 6.17. The largest absolute Gasteiger partial charge is 0.379 e. The molecule has 0 N–H and O–H groups in total. The van der Waals surface area contributed by atoms with Gasteiger partial charge in [-0.3, -0.25) is 19.4 Å². The van der Waals surface area contributed by atoms with Gasteiger partial charge in [0, 0.05) is 18.7 Å². The van der Waals surface area contributed by atoms with E-state index in [1.54, 1.807) is 18.2 Å². The SMILES string of the molecule is O=C1SC(=Cc2ccccc2F)C(=O)N1CN1CCOCC1. The number of benzene rings is 1. The summed E-state index contributed by atoms with van der Waals surface area (Å²) in [6.07, 6.45) is 1.43. The number of halogens is 1. The summed E-state index contributed by atoms with van der Waals surface area (Å²) in [7, 11) is 0. The van der Waals surface area contributed by atoms with Crippen LogP contribution in [-0.4, -0.2) is 53.9 Å². The maximum Gasteiger partial charge on any atom is 0.294 e. The van der Waals surface area contributed by atoms with Gasteiger partial charge in [0.15, 0.2) is 0 Å². The molecular weight excluding hydrogens is 307 g/mol. The molecule has 2 saturated heterocycles. The van der Waals surface area contributed by atoms with Crippen LogP contribution in [0.3, 0.4) is 0 Å². The molecule has 116 valence electrons. The topological polar surface area (TPSA) is 49.9 Å². The zero-order chi connectivity index (χ0) is 15.5. The standard InChI is InChI=1S/C15H15FN2O3S/c16-12-4-2-1-3-11(12)9-13-14(19)18(15(20)22-13)10-17-5-7-21-8-6-17/h1-4,9H,5-8,10H2. The Morgan fingerprint density at radius 3 is 2.68 bits per heavy atom. The van der Waals surface area contributed by atoms with Crippen molar-refractivity contribution in [2.24, 2.45) is 0 Å². The fourth-order valence-electron chi connectivity index (χ4n) is 2.30. The predicted molar refractivity (Wildman–Crippen MR) is 81.5 cm³/mol. The van der Waals surface area contributed by atoms with Gasteiger partial charge in [0.2, 0.25) is 0 Å². The van der Waals surface area contributed by atoms with Gasteiger partial charge < -0.3 is 4.74 Å². The molecule has 1 aromatic rings. The van der Waals surface area contributed by atoms with Crippen LogP contribution in [0, 0.1) is 5.82 Å². The number of rotatable bonds is 3. The Hall–Kier alpha value is -1.70. The third-order valence-electron chi connectivity index (χ3n) is 3.51. The van der Waals surface area contributed by atoms with Crippen LogP contribution in [-0.2, 0) is 9.53 Å². The number of thioether (sulfide) groups is 1. The third kappa shape index (κ3) is 3.21. The number of amides is 2. The first kappa shape index (κ1) is 15.2. The second-order valence-electron chi connectivity index (χ2n) is 5.00. The van der Waals surface area contributed by atoms with E-state index in [4.69, 9.17) is 4.74 Å². The Morgan fingerprint density at radius 2 is 1.95 bits per heavy atom. The molecule has 3 rings (SSSR count). The highest BCUT2D eigenvalue weighted by atomic mass is 32.2. The third-order valence-corrected chi connectivity index (χ3v) is 4.42. The fourth-order valence-corrected chi connectivity index (χ4v) is 3.12. The van der Waals surface area contributed by atoms with Crippen LogP contribution in [0.4, 0.5) is 9.18 Å².